The zero-order valence-corrected chi connectivity index (χ0v) is 19.5. The summed E-state index contributed by atoms with van der Waals surface area (Å²) in [4.78, 5) is 29.6. The minimum Gasteiger partial charge on any atom is -0.350 e. The average molecular weight is 477 g/mol. The van der Waals surface area contributed by atoms with Gasteiger partial charge in [0, 0.05) is 32.0 Å². The lowest BCUT2D eigenvalue weighted by atomic mass is 9.96. The summed E-state index contributed by atoms with van der Waals surface area (Å²) in [5.74, 6) is -1.92. The van der Waals surface area contributed by atoms with Gasteiger partial charge in [-0.25, -0.2) is 12.8 Å². The smallest absolute Gasteiger partial charge is 0.243 e. The molecule has 2 amide bonds. The van der Waals surface area contributed by atoms with Crippen molar-refractivity contribution in [2.75, 3.05) is 13.1 Å². The van der Waals surface area contributed by atoms with Gasteiger partial charge in [-0.15, -0.1) is 0 Å². The number of nitrogens with one attached hydrogen (secondary N) is 2. The third-order valence-corrected chi connectivity index (χ3v) is 7.55. The first-order chi connectivity index (χ1) is 15.7. The van der Waals surface area contributed by atoms with Crippen molar-refractivity contribution in [1.29, 1.82) is 0 Å². The molecule has 1 saturated heterocycles. The Hall–Kier alpha value is -2.85. The second-order valence-corrected chi connectivity index (χ2v) is 10.4. The van der Waals surface area contributed by atoms with Crippen molar-refractivity contribution < 1.29 is 22.4 Å². The largest absolute Gasteiger partial charge is 0.350 e. The Morgan fingerprint density at radius 1 is 1.15 bits per heavy atom. The van der Waals surface area contributed by atoms with Gasteiger partial charge in [0.05, 0.1) is 10.8 Å². The van der Waals surface area contributed by atoms with E-state index in [1.54, 1.807) is 24.5 Å². The van der Waals surface area contributed by atoms with E-state index in [9.17, 15) is 22.4 Å². The zero-order chi connectivity index (χ0) is 24.0. The topological polar surface area (TPSA) is 108 Å². The Kier molecular flexibility index (Phi) is 8.15. The van der Waals surface area contributed by atoms with Crippen molar-refractivity contribution in [2.24, 2.45) is 11.8 Å². The van der Waals surface area contributed by atoms with Gasteiger partial charge in [-0.05, 0) is 60.7 Å². The van der Waals surface area contributed by atoms with Crippen LogP contribution in [0.5, 0.6) is 0 Å². The molecule has 0 bridgehead atoms. The number of sulfonamides is 1. The lowest BCUT2D eigenvalue weighted by Crippen LogP contribution is -2.53. The third kappa shape index (κ3) is 6.35. The number of rotatable bonds is 8. The fourth-order valence-corrected chi connectivity index (χ4v) is 5.26. The quantitative estimate of drug-likeness (QED) is 0.607. The Labute approximate surface area is 193 Å². The Morgan fingerprint density at radius 3 is 2.45 bits per heavy atom. The third-order valence-electron chi connectivity index (χ3n) is 5.67. The molecule has 2 N–H and O–H groups in total. The summed E-state index contributed by atoms with van der Waals surface area (Å²) in [6.45, 7) is 4.28. The van der Waals surface area contributed by atoms with E-state index in [1.165, 1.54) is 16.4 Å². The average Bonchev–Trinajstić information content (AvgIpc) is 2.81. The molecule has 0 aliphatic carbocycles. The number of aromatic nitrogens is 1. The van der Waals surface area contributed by atoms with Gasteiger partial charge in [-0.2, -0.15) is 4.31 Å². The Morgan fingerprint density at radius 2 is 1.82 bits per heavy atom. The maximum absolute atomic E-state index is 13.2. The van der Waals surface area contributed by atoms with E-state index in [0.29, 0.717) is 19.4 Å². The molecular weight excluding hydrogens is 447 g/mol. The molecule has 1 aliphatic rings. The number of carbonyl (C=O) groups is 2. The number of hydrogen-bond donors (Lipinski definition) is 2. The molecule has 2 heterocycles. The van der Waals surface area contributed by atoms with Crippen molar-refractivity contribution in [2.45, 2.75) is 44.2 Å². The number of piperidine rings is 1. The lowest BCUT2D eigenvalue weighted by Gasteiger charge is -2.32. The van der Waals surface area contributed by atoms with Crippen molar-refractivity contribution in [3.05, 3.63) is 60.2 Å². The van der Waals surface area contributed by atoms with Gasteiger partial charge in [0.1, 0.15) is 11.9 Å². The number of nitrogens with zero attached hydrogens (tertiary/aromatic N) is 2. The molecule has 0 radical (unpaired) electrons. The number of benzene rings is 1. The van der Waals surface area contributed by atoms with Crippen LogP contribution in [0.1, 0.15) is 32.3 Å². The van der Waals surface area contributed by atoms with E-state index < -0.39 is 27.8 Å². The molecule has 1 aromatic carbocycles. The van der Waals surface area contributed by atoms with Crippen LogP contribution in [0.2, 0.25) is 0 Å². The summed E-state index contributed by atoms with van der Waals surface area (Å²) in [7, 11) is -3.84. The van der Waals surface area contributed by atoms with Gasteiger partial charge in [0.2, 0.25) is 21.8 Å². The van der Waals surface area contributed by atoms with E-state index in [2.05, 4.69) is 15.6 Å². The van der Waals surface area contributed by atoms with Crippen LogP contribution in [-0.2, 0) is 26.2 Å². The molecule has 1 fully saturated rings. The standard InChI is InChI=1S/C23H29FN4O4S/c1-16(2)21(23(30)26-14-17-9-11-25-12-10-17)27-22(29)18-4-3-13-28(15-18)33(31,32)20-7-5-19(24)6-8-20/h5-12,16,18,21H,3-4,13-15H2,1-2H3,(H,26,30)(H,27,29)/t18-,21-/m1/s1. The molecule has 2 aromatic rings. The van der Waals surface area contributed by atoms with E-state index in [1.807, 2.05) is 13.8 Å². The number of halogens is 1. The summed E-state index contributed by atoms with van der Waals surface area (Å²) >= 11 is 0. The molecule has 33 heavy (non-hydrogen) atoms. The van der Waals surface area contributed by atoms with Crippen LogP contribution >= 0.6 is 0 Å². The molecule has 0 unspecified atom stereocenters. The highest BCUT2D eigenvalue weighted by atomic mass is 32.2. The van der Waals surface area contributed by atoms with Crippen LogP contribution in [0.4, 0.5) is 4.39 Å². The summed E-state index contributed by atoms with van der Waals surface area (Å²) < 4.78 is 40.3. The van der Waals surface area contributed by atoms with Crippen LogP contribution in [-0.4, -0.2) is 48.7 Å². The summed E-state index contributed by atoms with van der Waals surface area (Å²) in [5, 5.41) is 5.64. The first-order valence-corrected chi connectivity index (χ1v) is 12.3. The molecular formula is C23H29FN4O4S. The van der Waals surface area contributed by atoms with Gasteiger partial charge < -0.3 is 10.6 Å². The van der Waals surface area contributed by atoms with E-state index in [-0.39, 0.29) is 35.7 Å². The second kappa shape index (κ2) is 10.8. The predicted octanol–water partition coefficient (Wildman–Crippen LogP) is 2.08. The highest BCUT2D eigenvalue weighted by Crippen LogP contribution is 2.24. The van der Waals surface area contributed by atoms with Crippen molar-refractivity contribution in [3.8, 4) is 0 Å². The fourth-order valence-electron chi connectivity index (χ4n) is 3.74. The number of amides is 2. The fraction of sp³-hybridized carbons (Fsp3) is 0.435. The highest BCUT2D eigenvalue weighted by molar-refractivity contribution is 7.89. The number of carbonyl (C=O) groups excluding carboxylic acids is 2. The van der Waals surface area contributed by atoms with Crippen molar-refractivity contribution in [1.82, 2.24) is 19.9 Å². The first-order valence-electron chi connectivity index (χ1n) is 10.9. The maximum Gasteiger partial charge on any atom is 0.243 e. The molecule has 1 aliphatic heterocycles. The van der Waals surface area contributed by atoms with Crippen molar-refractivity contribution in [3.63, 3.8) is 0 Å². The molecule has 8 nitrogen and oxygen atoms in total. The number of pyridine rings is 1. The van der Waals surface area contributed by atoms with Crippen LogP contribution < -0.4 is 10.6 Å². The summed E-state index contributed by atoms with van der Waals surface area (Å²) in [5.41, 5.74) is 0.890. The van der Waals surface area contributed by atoms with Gasteiger partial charge in [-0.3, -0.25) is 14.6 Å². The normalized spacial score (nSPS) is 18.0. The zero-order valence-electron chi connectivity index (χ0n) is 18.7. The molecule has 178 valence electrons. The van der Waals surface area contributed by atoms with Gasteiger partial charge >= 0.3 is 0 Å². The van der Waals surface area contributed by atoms with E-state index >= 15 is 0 Å². The second-order valence-electron chi connectivity index (χ2n) is 8.46. The van der Waals surface area contributed by atoms with Gasteiger partial charge in [0.15, 0.2) is 0 Å². The van der Waals surface area contributed by atoms with Crippen molar-refractivity contribution >= 4 is 21.8 Å². The summed E-state index contributed by atoms with van der Waals surface area (Å²) in [6.07, 6.45) is 4.31. The predicted molar refractivity (Wildman–Crippen MR) is 121 cm³/mol. The SMILES string of the molecule is CC(C)[C@@H](NC(=O)[C@@H]1CCCN(S(=O)(=O)c2ccc(F)cc2)C1)C(=O)NCc1ccncc1. The lowest BCUT2D eigenvalue weighted by molar-refractivity contribution is -0.132. The van der Waals surface area contributed by atoms with E-state index in [4.69, 9.17) is 0 Å². The summed E-state index contributed by atoms with van der Waals surface area (Å²) in [6, 6.07) is 7.47. The molecule has 1 aromatic heterocycles. The van der Waals surface area contributed by atoms with Crippen LogP contribution in [0, 0.1) is 17.7 Å². The highest BCUT2D eigenvalue weighted by Gasteiger charge is 2.35. The maximum atomic E-state index is 13.2. The molecule has 0 spiro atoms. The van der Waals surface area contributed by atoms with Gasteiger partial charge in [0.25, 0.3) is 0 Å². The Bertz CT molecular complexity index is 1060. The Balaban J connectivity index is 1.63. The minimum absolute atomic E-state index is 0.00892. The molecule has 3 rings (SSSR count). The molecule has 0 saturated carbocycles. The number of hydrogen-bond acceptors (Lipinski definition) is 5. The minimum atomic E-state index is -3.84. The monoisotopic (exact) mass is 476 g/mol. The van der Waals surface area contributed by atoms with Crippen LogP contribution in [0.15, 0.2) is 53.7 Å². The first kappa shape index (κ1) is 24.8. The molecule has 10 heteroatoms. The van der Waals surface area contributed by atoms with E-state index in [0.717, 1.165) is 17.7 Å². The van der Waals surface area contributed by atoms with Crippen LogP contribution in [0.25, 0.3) is 0 Å². The van der Waals surface area contributed by atoms with Crippen LogP contribution in [0.3, 0.4) is 0 Å². The van der Waals surface area contributed by atoms with Gasteiger partial charge in [-0.1, -0.05) is 13.8 Å². The molecule has 2 atom stereocenters.